The van der Waals surface area contributed by atoms with Crippen LogP contribution in [-0.2, 0) is 22.4 Å². The van der Waals surface area contributed by atoms with Crippen molar-refractivity contribution in [1.29, 1.82) is 0 Å². The zero-order valence-corrected chi connectivity index (χ0v) is 13.9. The summed E-state index contributed by atoms with van der Waals surface area (Å²) in [6.45, 7) is 2.94. The van der Waals surface area contributed by atoms with Crippen LogP contribution in [0.15, 0.2) is 34.9 Å². The van der Waals surface area contributed by atoms with Crippen molar-refractivity contribution in [3.8, 4) is 0 Å². The van der Waals surface area contributed by atoms with E-state index in [-0.39, 0.29) is 12.3 Å². The molecule has 1 aliphatic heterocycles. The van der Waals surface area contributed by atoms with Crippen molar-refractivity contribution in [3.05, 3.63) is 42.0 Å². The van der Waals surface area contributed by atoms with Crippen molar-refractivity contribution in [3.63, 3.8) is 0 Å². The van der Waals surface area contributed by atoms with Crippen LogP contribution in [0.25, 0.3) is 0 Å². The minimum Gasteiger partial charge on any atom is -0.378 e. The number of hydrogen-bond donors (Lipinski definition) is 1. The summed E-state index contributed by atoms with van der Waals surface area (Å²) in [5.41, 5.74) is 0.763. The standard InChI is InChI=1S/C18H23N3O3/c1-2-15-10-13(8-9-23-15)11-18-20-16(21-24-18)12-17(22)19-14-6-4-3-5-7-14/h3-7,13,15H,2,8-12H2,1H3,(H,19,22)/t13-,15-/m0/s1. The average molecular weight is 329 g/mol. The third-order valence-electron chi connectivity index (χ3n) is 4.28. The lowest BCUT2D eigenvalue weighted by atomic mass is 9.91. The molecule has 1 aliphatic rings. The van der Waals surface area contributed by atoms with E-state index < -0.39 is 0 Å². The van der Waals surface area contributed by atoms with Gasteiger partial charge in [0.1, 0.15) is 0 Å². The Morgan fingerprint density at radius 1 is 1.33 bits per heavy atom. The van der Waals surface area contributed by atoms with Gasteiger partial charge in [0, 0.05) is 18.7 Å². The highest BCUT2D eigenvalue weighted by Gasteiger charge is 2.23. The van der Waals surface area contributed by atoms with Crippen LogP contribution in [0, 0.1) is 5.92 Å². The number of aromatic nitrogens is 2. The van der Waals surface area contributed by atoms with Crippen molar-refractivity contribution in [2.45, 2.75) is 45.1 Å². The number of benzene rings is 1. The molecule has 0 spiro atoms. The van der Waals surface area contributed by atoms with Gasteiger partial charge < -0.3 is 14.6 Å². The Balaban J connectivity index is 1.51. The molecule has 1 aromatic heterocycles. The highest BCUT2D eigenvalue weighted by molar-refractivity contribution is 5.91. The smallest absolute Gasteiger partial charge is 0.232 e. The maximum atomic E-state index is 12.0. The predicted octanol–water partition coefficient (Wildman–Crippen LogP) is 3.00. The molecule has 1 aromatic carbocycles. The first-order valence-corrected chi connectivity index (χ1v) is 8.51. The summed E-state index contributed by atoms with van der Waals surface area (Å²) in [7, 11) is 0. The van der Waals surface area contributed by atoms with E-state index in [0.717, 1.165) is 38.0 Å². The highest BCUT2D eigenvalue weighted by Crippen LogP contribution is 2.25. The van der Waals surface area contributed by atoms with E-state index in [1.165, 1.54) is 0 Å². The van der Waals surface area contributed by atoms with Gasteiger partial charge >= 0.3 is 0 Å². The number of amides is 1. The fourth-order valence-electron chi connectivity index (χ4n) is 2.99. The summed E-state index contributed by atoms with van der Waals surface area (Å²) in [6, 6.07) is 9.34. The highest BCUT2D eigenvalue weighted by atomic mass is 16.5. The molecule has 6 nitrogen and oxygen atoms in total. The zero-order chi connectivity index (χ0) is 16.8. The Morgan fingerprint density at radius 3 is 2.96 bits per heavy atom. The van der Waals surface area contributed by atoms with E-state index in [9.17, 15) is 4.79 Å². The lowest BCUT2D eigenvalue weighted by Crippen LogP contribution is -2.26. The van der Waals surface area contributed by atoms with Crippen LogP contribution < -0.4 is 5.32 Å². The van der Waals surface area contributed by atoms with Crippen molar-refractivity contribution in [2.75, 3.05) is 11.9 Å². The maximum absolute atomic E-state index is 12.0. The Bertz CT molecular complexity index is 657. The predicted molar refractivity (Wildman–Crippen MR) is 89.5 cm³/mol. The number of carbonyl (C=O) groups excluding carboxylic acids is 1. The van der Waals surface area contributed by atoms with Gasteiger partial charge in [0.15, 0.2) is 5.82 Å². The van der Waals surface area contributed by atoms with E-state index in [2.05, 4.69) is 22.4 Å². The number of hydrogen-bond acceptors (Lipinski definition) is 5. The van der Waals surface area contributed by atoms with Crippen LogP contribution in [0.4, 0.5) is 5.69 Å². The first-order chi connectivity index (χ1) is 11.7. The lowest BCUT2D eigenvalue weighted by Gasteiger charge is -2.27. The van der Waals surface area contributed by atoms with Gasteiger partial charge in [-0.3, -0.25) is 4.79 Å². The van der Waals surface area contributed by atoms with Gasteiger partial charge in [0.2, 0.25) is 11.8 Å². The molecule has 2 atom stereocenters. The summed E-state index contributed by atoms with van der Waals surface area (Å²) >= 11 is 0. The minimum atomic E-state index is -0.148. The molecule has 128 valence electrons. The quantitative estimate of drug-likeness (QED) is 0.881. The number of anilines is 1. The third-order valence-corrected chi connectivity index (χ3v) is 4.28. The normalized spacial score (nSPS) is 20.7. The Labute approximate surface area is 141 Å². The molecule has 1 amide bonds. The second-order valence-electron chi connectivity index (χ2n) is 6.19. The van der Waals surface area contributed by atoms with Gasteiger partial charge in [-0.15, -0.1) is 0 Å². The molecule has 1 fully saturated rings. The molecular formula is C18H23N3O3. The molecule has 1 saturated heterocycles. The fourth-order valence-corrected chi connectivity index (χ4v) is 2.99. The molecule has 2 aromatic rings. The van der Waals surface area contributed by atoms with Gasteiger partial charge in [-0.1, -0.05) is 30.3 Å². The van der Waals surface area contributed by atoms with Gasteiger partial charge in [0.05, 0.1) is 12.5 Å². The number of nitrogens with one attached hydrogen (secondary N) is 1. The summed E-state index contributed by atoms with van der Waals surface area (Å²) in [5, 5.41) is 6.74. The van der Waals surface area contributed by atoms with E-state index in [0.29, 0.717) is 23.7 Å². The van der Waals surface area contributed by atoms with Crippen LogP contribution in [0.5, 0.6) is 0 Å². The summed E-state index contributed by atoms with van der Waals surface area (Å²) < 4.78 is 11.0. The molecular weight excluding hydrogens is 306 g/mol. The summed E-state index contributed by atoms with van der Waals surface area (Å²) in [4.78, 5) is 16.4. The molecule has 0 unspecified atom stereocenters. The first-order valence-electron chi connectivity index (χ1n) is 8.51. The van der Waals surface area contributed by atoms with E-state index in [1.807, 2.05) is 30.3 Å². The van der Waals surface area contributed by atoms with Crippen molar-refractivity contribution < 1.29 is 14.1 Å². The molecule has 0 radical (unpaired) electrons. The molecule has 2 heterocycles. The topological polar surface area (TPSA) is 77.3 Å². The lowest BCUT2D eigenvalue weighted by molar-refractivity contribution is -0.115. The van der Waals surface area contributed by atoms with E-state index in [1.54, 1.807) is 0 Å². The summed E-state index contributed by atoms with van der Waals surface area (Å²) in [5.74, 6) is 1.40. The third kappa shape index (κ3) is 4.64. The van der Waals surface area contributed by atoms with Gasteiger partial charge in [0.25, 0.3) is 0 Å². The molecule has 6 heteroatoms. The number of para-hydroxylation sites is 1. The average Bonchev–Trinajstić information content (AvgIpc) is 3.02. The van der Waals surface area contributed by atoms with Gasteiger partial charge in [-0.2, -0.15) is 4.98 Å². The van der Waals surface area contributed by atoms with Crippen molar-refractivity contribution >= 4 is 11.6 Å². The number of ether oxygens (including phenoxy) is 1. The number of nitrogens with zero attached hydrogens (tertiary/aromatic N) is 2. The van der Waals surface area contributed by atoms with Crippen molar-refractivity contribution in [2.24, 2.45) is 5.92 Å². The molecule has 0 bridgehead atoms. The number of rotatable bonds is 6. The van der Waals surface area contributed by atoms with Crippen LogP contribution in [0.2, 0.25) is 0 Å². The molecule has 0 aliphatic carbocycles. The largest absolute Gasteiger partial charge is 0.378 e. The fraction of sp³-hybridized carbons (Fsp3) is 0.500. The monoisotopic (exact) mass is 329 g/mol. The SMILES string of the molecule is CC[C@H]1C[C@@H](Cc2nc(CC(=O)Nc3ccccc3)no2)CCO1. The first kappa shape index (κ1) is 16.6. The minimum absolute atomic E-state index is 0.115. The molecule has 0 saturated carbocycles. The second kappa shape index (κ2) is 8.06. The summed E-state index contributed by atoms with van der Waals surface area (Å²) in [6.07, 6.45) is 4.29. The Hall–Kier alpha value is -2.21. The van der Waals surface area contributed by atoms with Gasteiger partial charge in [-0.25, -0.2) is 0 Å². The van der Waals surface area contributed by atoms with E-state index >= 15 is 0 Å². The molecule has 1 N–H and O–H groups in total. The Kier molecular flexibility index (Phi) is 5.59. The van der Waals surface area contributed by atoms with Crippen LogP contribution in [-0.4, -0.2) is 28.8 Å². The second-order valence-corrected chi connectivity index (χ2v) is 6.19. The van der Waals surface area contributed by atoms with E-state index in [4.69, 9.17) is 9.26 Å². The van der Waals surface area contributed by atoms with Crippen LogP contribution in [0.3, 0.4) is 0 Å². The molecule has 3 rings (SSSR count). The number of carbonyl (C=O) groups is 1. The van der Waals surface area contributed by atoms with Gasteiger partial charge in [-0.05, 0) is 37.3 Å². The maximum Gasteiger partial charge on any atom is 0.232 e. The van der Waals surface area contributed by atoms with Crippen LogP contribution >= 0.6 is 0 Å². The zero-order valence-electron chi connectivity index (χ0n) is 13.9. The van der Waals surface area contributed by atoms with Crippen LogP contribution in [0.1, 0.15) is 37.9 Å². The van der Waals surface area contributed by atoms with Crippen molar-refractivity contribution in [1.82, 2.24) is 10.1 Å². The Morgan fingerprint density at radius 2 is 2.17 bits per heavy atom. The molecule has 24 heavy (non-hydrogen) atoms.